The molecule has 10 rings (SSSR count). The minimum Gasteiger partial charge on any atom is -0.497 e. The Labute approximate surface area is 341 Å². The Balaban J connectivity index is 1.02. The fourth-order valence-corrected chi connectivity index (χ4v) is 12.6. The lowest BCUT2D eigenvalue weighted by Crippen LogP contribution is -2.64. The Morgan fingerprint density at radius 2 is 1.63 bits per heavy atom. The number of esters is 1. The highest BCUT2D eigenvalue weighted by Gasteiger charge is 2.66. The van der Waals surface area contributed by atoms with Gasteiger partial charge in [-0.2, -0.15) is 5.10 Å². The maximum Gasteiger partial charge on any atom is 0.358 e. The first-order valence-corrected chi connectivity index (χ1v) is 21.2. The number of benzene rings is 1. The molecule has 0 spiro atoms. The van der Waals surface area contributed by atoms with E-state index >= 15 is 0 Å². The van der Waals surface area contributed by atoms with Gasteiger partial charge in [0.2, 0.25) is 0 Å². The lowest BCUT2D eigenvalue weighted by molar-refractivity contribution is -0.248. The summed E-state index contributed by atoms with van der Waals surface area (Å²) in [5, 5.41) is 14.2. The molecule has 0 N–H and O–H groups in total. The number of likely N-dealkylation sites (tertiary alicyclic amines) is 1. The molecule has 2 unspecified atom stereocenters. The van der Waals surface area contributed by atoms with E-state index in [-0.39, 0.29) is 34.1 Å². The van der Waals surface area contributed by atoms with Gasteiger partial charge >= 0.3 is 5.97 Å². The number of pyridine rings is 1. The van der Waals surface area contributed by atoms with E-state index in [4.69, 9.17) is 35.9 Å². The van der Waals surface area contributed by atoms with Crippen LogP contribution in [-0.4, -0.2) is 81.3 Å². The molecule has 2 aliphatic heterocycles. The Morgan fingerprint density at radius 1 is 0.877 bits per heavy atom. The summed E-state index contributed by atoms with van der Waals surface area (Å²) in [6.45, 7) is 15.0. The van der Waals surface area contributed by atoms with Crippen LogP contribution in [0.25, 0.3) is 11.1 Å². The van der Waals surface area contributed by atoms with Gasteiger partial charge in [0.1, 0.15) is 18.2 Å². The summed E-state index contributed by atoms with van der Waals surface area (Å²) in [4.78, 5) is 23.8. The number of fused-ring (bicyclic) bond motifs is 1. The van der Waals surface area contributed by atoms with Crippen molar-refractivity contribution in [3.63, 3.8) is 0 Å². The molecule has 4 aromatic rings. The van der Waals surface area contributed by atoms with Crippen LogP contribution in [0.4, 0.5) is 11.6 Å². The third-order valence-corrected chi connectivity index (χ3v) is 14.1. The quantitative estimate of drug-likeness (QED) is 0.129. The standard InChI is InChI=1S/C45H56ClN7O4/c1-30-34-9-8-18-52(40(34)50-49-39(30)46)37-15-14-35(38(48-37)41(54)56-22-32-10-12-33(55-5)13-11-32)36-21-47-53(31(36)2)29-44-24-42(3)23-43(4,25-44)27-45(26-42,28-44)57-20-19-51-16-6-7-17-51/h10-15,21H,6-9,16-20,22-29H2,1-5H3. The molecule has 1 saturated heterocycles. The fourth-order valence-electron chi connectivity index (χ4n) is 12.4. The van der Waals surface area contributed by atoms with Crippen LogP contribution in [0.2, 0.25) is 5.15 Å². The molecule has 5 fully saturated rings. The van der Waals surface area contributed by atoms with Crippen molar-refractivity contribution in [2.75, 3.05) is 44.8 Å². The lowest BCUT2D eigenvalue weighted by atomic mass is 9.39. The van der Waals surface area contributed by atoms with Gasteiger partial charge in [0.25, 0.3) is 0 Å². The van der Waals surface area contributed by atoms with E-state index in [1.165, 1.54) is 45.2 Å². The Kier molecular flexibility index (Phi) is 9.88. The van der Waals surface area contributed by atoms with E-state index in [0.717, 1.165) is 91.3 Å². The van der Waals surface area contributed by atoms with E-state index < -0.39 is 5.97 Å². The second kappa shape index (κ2) is 14.6. The van der Waals surface area contributed by atoms with Gasteiger partial charge in [0, 0.05) is 42.0 Å². The van der Waals surface area contributed by atoms with Crippen molar-refractivity contribution in [2.24, 2.45) is 16.2 Å². The average Bonchev–Trinajstić information content (AvgIpc) is 3.83. The summed E-state index contributed by atoms with van der Waals surface area (Å²) in [5.41, 5.74) is 6.19. The van der Waals surface area contributed by atoms with Crippen LogP contribution in [0, 0.1) is 30.1 Å². The van der Waals surface area contributed by atoms with E-state index in [0.29, 0.717) is 23.1 Å². The van der Waals surface area contributed by atoms with Crippen molar-refractivity contribution < 1.29 is 19.0 Å². The molecule has 4 aliphatic carbocycles. The molecular weight excluding hydrogens is 738 g/mol. The smallest absolute Gasteiger partial charge is 0.358 e. The summed E-state index contributed by atoms with van der Waals surface area (Å²) in [5.74, 6) is 1.58. The van der Waals surface area contributed by atoms with Crippen LogP contribution < -0.4 is 9.64 Å². The van der Waals surface area contributed by atoms with E-state index in [9.17, 15) is 4.79 Å². The van der Waals surface area contributed by atoms with Crippen LogP contribution in [0.15, 0.2) is 42.6 Å². The van der Waals surface area contributed by atoms with Gasteiger partial charge in [-0.05, 0) is 143 Å². The number of hydrogen-bond donors (Lipinski definition) is 0. The van der Waals surface area contributed by atoms with E-state index in [2.05, 4.69) is 40.6 Å². The summed E-state index contributed by atoms with van der Waals surface area (Å²) in [6.07, 6.45) is 13.3. The number of aromatic nitrogens is 5. The first kappa shape index (κ1) is 38.5. The molecule has 4 bridgehead atoms. The second-order valence-electron chi connectivity index (χ2n) is 18.7. The predicted molar refractivity (Wildman–Crippen MR) is 220 cm³/mol. The van der Waals surface area contributed by atoms with Gasteiger partial charge in [0.05, 0.1) is 25.5 Å². The van der Waals surface area contributed by atoms with Crippen molar-refractivity contribution in [1.82, 2.24) is 29.9 Å². The summed E-state index contributed by atoms with van der Waals surface area (Å²) >= 11 is 6.38. The van der Waals surface area contributed by atoms with Gasteiger partial charge in [-0.3, -0.25) is 4.68 Å². The zero-order valence-electron chi connectivity index (χ0n) is 34.2. The molecule has 302 valence electrons. The number of rotatable bonds is 12. The number of ether oxygens (including phenoxy) is 3. The van der Waals surface area contributed by atoms with Crippen molar-refractivity contribution in [2.45, 2.75) is 111 Å². The minimum atomic E-state index is -0.500. The van der Waals surface area contributed by atoms with Crippen molar-refractivity contribution in [1.29, 1.82) is 0 Å². The van der Waals surface area contributed by atoms with Gasteiger partial charge in [0.15, 0.2) is 16.7 Å². The van der Waals surface area contributed by atoms with E-state index in [1.54, 1.807) is 7.11 Å². The van der Waals surface area contributed by atoms with Gasteiger partial charge in [-0.15, -0.1) is 10.2 Å². The largest absolute Gasteiger partial charge is 0.497 e. The molecule has 1 aromatic carbocycles. The number of carbonyl (C=O) groups excluding carboxylic acids is 1. The van der Waals surface area contributed by atoms with Crippen molar-refractivity contribution in [3.8, 4) is 16.9 Å². The Bertz CT molecular complexity index is 2150. The van der Waals surface area contributed by atoms with Crippen LogP contribution in [0.1, 0.15) is 105 Å². The van der Waals surface area contributed by atoms with Crippen molar-refractivity contribution in [3.05, 3.63) is 75.8 Å². The maximum absolute atomic E-state index is 14.2. The van der Waals surface area contributed by atoms with Crippen LogP contribution in [-0.2, 0) is 29.0 Å². The molecule has 0 amide bonds. The Morgan fingerprint density at radius 3 is 2.37 bits per heavy atom. The third kappa shape index (κ3) is 7.33. The number of hydrogen-bond acceptors (Lipinski definition) is 10. The number of methoxy groups -OCH3 is 1. The highest BCUT2D eigenvalue weighted by atomic mass is 35.5. The molecule has 3 aromatic heterocycles. The molecule has 12 heteroatoms. The number of carbonyl (C=O) groups is 1. The second-order valence-corrected chi connectivity index (χ2v) is 19.1. The Hall–Kier alpha value is -4.06. The maximum atomic E-state index is 14.2. The highest BCUT2D eigenvalue weighted by Crippen LogP contribution is 2.72. The molecular formula is C45H56ClN7O4. The van der Waals surface area contributed by atoms with Crippen LogP contribution in [0.5, 0.6) is 5.75 Å². The average molecular weight is 794 g/mol. The fraction of sp³-hybridized carbons (Fsp3) is 0.578. The van der Waals surface area contributed by atoms with Crippen molar-refractivity contribution >= 4 is 29.2 Å². The van der Waals surface area contributed by atoms with Crippen LogP contribution >= 0.6 is 11.6 Å². The molecule has 4 saturated carbocycles. The van der Waals surface area contributed by atoms with Gasteiger partial charge in [-0.25, -0.2) is 9.78 Å². The highest BCUT2D eigenvalue weighted by molar-refractivity contribution is 6.30. The third-order valence-electron chi connectivity index (χ3n) is 13.8. The molecule has 6 aliphatic rings. The molecule has 2 atom stereocenters. The van der Waals surface area contributed by atoms with Gasteiger partial charge in [-0.1, -0.05) is 37.6 Å². The first-order valence-electron chi connectivity index (χ1n) is 20.9. The van der Waals surface area contributed by atoms with Gasteiger partial charge < -0.3 is 24.0 Å². The lowest BCUT2D eigenvalue weighted by Gasteiger charge is -2.69. The monoisotopic (exact) mass is 793 g/mol. The summed E-state index contributed by atoms with van der Waals surface area (Å²) in [6, 6.07) is 11.5. The zero-order chi connectivity index (χ0) is 39.6. The zero-order valence-corrected chi connectivity index (χ0v) is 35.0. The minimum absolute atomic E-state index is 0.0796. The van der Waals surface area contributed by atoms with E-state index in [1.807, 2.05) is 54.4 Å². The first-order chi connectivity index (χ1) is 27.4. The SMILES string of the molecule is COc1ccc(COC(=O)c2nc(N3CCCc4c3nnc(Cl)c4C)ccc2-c2cnn(CC34CC5(C)CC(C)(C3)CC(OCCN3CCCC3)(C5)C4)c2C)cc1. The molecule has 57 heavy (non-hydrogen) atoms. The molecule has 0 radical (unpaired) electrons. The number of nitrogens with zero attached hydrogens (tertiary/aromatic N) is 7. The number of halogens is 1. The number of anilines is 2. The predicted octanol–water partition coefficient (Wildman–Crippen LogP) is 8.69. The summed E-state index contributed by atoms with van der Waals surface area (Å²) in [7, 11) is 1.63. The summed E-state index contributed by atoms with van der Waals surface area (Å²) < 4.78 is 20.5. The molecule has 11 nitrogen and oxygen atoms in total. The molecule has 5 heterocycles. The van der Waals surface area contributed by atoms with Crippen LogP contribution in [0.3, 0.4) is 0 Å². The normalized spacial score (nSPS) is 27.9. The topological polar surface area (TPSA) is 108 Å².